The average Bonchev–Trinajstić information content (AvgIpc) is 2.46. The number of aryl methyl sites for hydroxylation is 1. The highest BCUT2D eigenvalue weighted by Gasteiger charge is 2.05. The Bertz CT molecular complexity index is 413. The fraction of sp³-hybridized carbons (Fsp3) is 0.588. The summed E-state index contributed by atoms with van der Waals surface area (Å²) in [6.45, 7) is 2.01. The first-order valence-electron chi connectivity index (χ1n) is 7.60. The van der Waals surface area contributed by atoms with Crippen molar-refractivity contribution in [2.24, 2.45) is 0 Å². The van der Waals surface area contributed by atoms with E-state index in [0.717, 1.165) is 18.4 Å². The molecule has 0 heterocycles. The van der Waals surface area contributed by atoms with Crippen LogP contribution in [-0.2, 0) is 17.8 Å². The summed E-state index contributed by atoms with van der Waals surface area (Å²) in [5, 5.41) is 18.6. The second-order valence-corrected chi connectivity index (χ2v) is 5.32. The zero-order valence-corrected chi connectivity index (χ0v) is 12.4. The molecule has 0 aliphatic rings. The molecule has 0 unspecified atom stereocenters. The maximum Gasteiger partial charge on any atom is 0.133 e. The van der Waals surface area contributed by atoms with E-state index >= 15 is 0 Å². The molecule has 0 spiro atoms. The van der Waals surface area contributed by atoms with Crippen molar-refractivity contribution < 1.29 is 15.0 Å². The van der Waals surface area contributed by atoms with Gasteiger partial charge < -0.3 is 10.2 Å². The average molecular weight is 278 g/mol. The number of unbranched alkanes of at least 4 members (excludes halogenated alkanes) is 4. The fourth-order valence-electron chi connectivity index (χ4n) is 2.26. The predicted molar refractivity (Wildman–Crippen MR) is 80.7 cm³/mol. The van der Waals surface area contributed by atoms with Gasteiger partial charge in [0.25, 0.3) is 0 Å². The van der Waals surface area contributed by atoms with Gasteiger partial charge in [-0.3, -0.25) is 4.79 Å². The van der Waals surface area contributed by atoms with E-state index in [1.165, 1.54) is 19.3 Å². The Balaban J connectivity index is 2.27. The van der Waals surface area contributed by atoms with Gasteiger partial charge in [-0.05, 0) is 30.5 Å². The third-order valence-corrected chi connectivity index (χ3v) is 3.57. The first-order chi connectivity index (χ1) is 9.67. The maximum absolute atomic E-state index is 11.8. The topological polar surface area (TPSA) is 57.5 Å². The lowest BCUT2D eigenvalue weighted by molar-refractivity contribution is -0.119. The Morgan fingerprint density at radius 1 is 1.10 bits per heavy atom. The SMILES string of the molecule is CCCCCCCC(=O)CCc1ccc(O)c(CO)c1. The van der Waals surface area contributed by atoms with Crippen LogP contribution in [0.15, 0.2) is 18.2 Å². The van der Waals surface area contributed by atoms with Gasteiger partial charge in [-0.25, -0.2) is 0 Å². The molecule has 3 nitrogen and oxygen atoms in total. The lowest BCUT2D eigenvalue weighted by Gasteiger charge is -2.06. The lowest BCUT2D eigenvalue weighted by Crippen LogP contribution is -2.00. The molecule has 0 saturated heterocycles. The second kappa shape index (κ2) is 9.54. The smallest absolute Gasteiger partial charge is 0.133 e. The zero-order chi connectivity index (χ0) is 14.8. The number of carbonyl (C=O) groups is 1. The minimum absolute atomic E-state index is 0.110. The number of hydrogen-bond acceptors (Lipinski definition) is 3. The minimum atomic E-state index is -0.176. The number of ketones is 1. The van der Waals surface area contributed by atoms with Gasteiger partial charge >= 0.3 is 0 Å². The summed E-state index contributed by atoms with van der Waals surface area (Å²) in [7, 11) is 0. The minimum Gasteiger partial charge on any atom is -0.508 e. The van der Waals surface area contributed by atoms with Gasteiger partial charge in [0.2, 0.25) is 0 Å². The standard InChI is InChI=1S/C17H26O3/c1-2-3-4-5-6-7-16(19)10-8-14-9-11-17(20)15(12-14)13-18/h9,11-12,18,20H,2-8,10,13H2,1H3. The molecule has 1 rings (SSSR count). The summed E-state index contributed by atoms with van der Waals surface area (Å²) in [5.74, 6) is 0.415. The molecular formula is C17H26O3. The van der Waals surface area contributed by atoms with Crippen molar-refractivity contribution in [3.8, 4) is 5.75 Å². The Morgan fingerprint density at radius 2 is 1.85 bits per heavy atom. The number of carbonyl (C=O) groups excluding carboxylic acids is 1. The quantitative estimate of drug-likeness (QED) is 0.641. The van der Waals surface area contributed by atoms with Crippen LogP contribution in [0.2, 0.25) is 0 Å². The van der Waals surface area contributed by atoms with Crippen molar-refractivity contribution >= 4 is 5.78 Å². The molecule has 112 valence electrons. The summed E-state index contributed by atoms with van der Waals surface area (Å²) in [6.07, 6.45) is 7.75. The van der Waals surface area contributed by atoms with Crippen molar-refractivity contribution in [2.45, 2.75) is 64.9 Å². The first-order valence-corrected chi connectivity index (χ1v) is 7.60. The van der Waals surface area contributed by atoms with Crippen LogP contribution in [-0.4, -0.2) is 16.0 Å². The van der Waals surface area contributed by atoms with Gasteiger partial charge in [0.15, 0.2) is 0 Å². The molecule has 2 N–H and O–H groups in total. The molecule has 0 amide bonds. The van der Waals surface area contributed by atoms with Gasteiger partial charge in [0, 0.05) is 18.4 Å². The van der Waals surface area contributed by atoms with Crippen LogP contribution in [0.25, 0.3) is 0 Å². The van der Waals surface area contributed by atoms with E-state index in [2.05, 4.69) is 6.92 Å². The molecule has 0 aliphatic heterocycles. The molecule has 0 aromatic heterocycles. The molecule has 0 fully saturated rings. The number of hydrogen-bond donors (Lipinski definition) is 2. The Morgan fingerprint density at radius 3 is 2.55 bits per heavy atom. The molecule has 1 aromatic carbocycles. The molecule has 0 radical (unpaired) electrons. The number of aliphatic hydroxyl groups is 1. The number of aliphatic hydroxyl groups excluding tert-OH is 1. The van der Waals surface area contributed by atoms with Crippen LogP contribution in [0, 0.1) is 0 Å². The van der Waals surface area contributed by atoms with Gasteiger partial charge in [-0.15, -0.1) is 0 Å². The van der Waals surface area contributed by atoms with E-state index in [-0.39, 0.29) is 12.4 Å². The summed E-state index contributed by atoms with van der Waals surface area (Å²) < 4.78 is 0. The summed E-state index contributed by atoms with van der Waals surface area (Å²) in [5.41, 5.74) is 1.51. The van der Waals surface area contributed by atoms with Crippen LogP contribution in [0.1, 0.15) is 63.0 Å². The largest absolute Gasteiger partial charge is 0.508 e. The summed E-state index contributed by atoms with van der Waals surface area (Å²) >= 11 is 0. The molecular weight excluding hydrogens is 252 g/mol. The lowest BCUT2D eigenvalue weighted by atomic mass is 10.0. The van der Waals surface area contributed by atoms with Crippen LogP contribution in [0.3, 0.4) is 0 Å². The normalized spacial score (nSPS) is 10.7. The molecule has 0 atom stereocenters. The monoisotopic (exact) mass is 278 g/mol. The molecule has 3 heteroatoms. The van der Waals surface area contributed by atoms with E-state index in [9.17, 15) is 9.90 Å². The second-order valence-electron chi connectivity index (χ2n) is 5.32. The molecule has 0 aliphatic carbocycles. The highest BCUT2D eigenvalue weighted by molar-refractivity contribution is 5.78. The van der Waals surface area contributed by atoms with E-state index in [4.69, 9.17) is 5.11 Å². The van der Waals surface area contributed by atoms with Crippen molar-refractivity contribution in [2.75, 3.05) is 0 Å². The number of rotatable bonds is 10. The van der Waals surface area contributed by atoms with Crippen LogP contribution < -0.4 is 0 Å². The summed E-state index contributed by atoms with van der Waals surface area (Å²) in [6, 6.07) is 5.16. The third kappa shape index (κ3) is 6.20. The fourth-order valence-corrected chi connectivity index (χ4v) is 2.26. The Kier molecular flexibility index (Phi) is 7.97. The van der Waals surface area contributed by atoms with Crippen LogP contribution in [0.4, 0.5) is 0 Å². The summed E-state index contributed by atoms with van der Waals surface area (Å²) in [4.78, 5) is 11.8. The van der Waals surface area contributed by atoms with Crippen LogP contribution >= 0.6 is 0 Å². The Hall–Kier alpha value is -1.35. The van der Waals surface area contributed by atoms with Gasteiger partial charge in [0.1, 0.15) is 11.5 Å². The third-order valence-electron chi connectivity index (χ3n) is 3.57. The first kappa shape index (κ1) is 16.7. The van der Waals surface area contributed by atoms with Crippen LogP contribution in [0.5, 0.6) is 5.75 Å². The van der Waals surface area contributed by atoms with Crippen molar-refractivity contribution in [1.29, 1.82) is 0 Å². The van der Waals surface area contributed by atoms with Gasteiger partial charge in [0.05, 0.1) is 6.61 Å². The van der Waals surface area contributed by atoms with Crippen molar-refractivity contribution in [1.82, 2.24) is 0 Å². The van der Waals surface area contributed by atoms with Crippen molar-refractivity contribution in [3.63, 3.8) is 0 Å². The molecule has 0 bridgehead atoms. The van der Waals surface area contributed by atoms with Gasteiger partial charge in [-0.1, -0.05) is 38.7 Å². The number of Topliss-reactive ketones (excluding diaryl/α,β-unsaturated/α-hetero) is 1. The number of benzene rings is 1. The maximum atomic E-state index is 11.8. The number of aromatic hydroxyl groups is 1. The van der Waals surface area contributed by atoms with E-state index in [1.54, 1.807) is 12.1 Å². The molecule has 0 saturated carbocycles. The van der Waals surface area contributed by atoms with Crippen molar-refractivity contribution in [3.05, 3.63) is 29.3 Å². The highest BCUT2D eigenvalue weighted by atomic mass is 16.3. The van der Waals surface area contributed by atoms with E-state index < -0.39 is 0 Å². The van der Waals surface area contributed by atoms with E-state index in [1.807, 2.05) is 6.07 Å². The van der Waals surface area contributed by atoms with E-state index in [0.29, 0.717) is 30.6 Å². The molecule has 1 aromatic rings. The predicted octanol–water partition coefficient (Wildman–Crippen LogP) is 3.75. The Labute approximate surface area is 121 Å². The number of phenols is 1. The molecule has 20 heavy (non-hydrogen) atoms. The highest BCUT2D eigenvalue weighted by Crippen LogP contribution is 2.19. The van der Waals surface area contributed by atoms with Gasteiger partial charge in [-0.2, -0.15) is 0 Å². The zero-order valence-electron chi connectivity index (χ0n) is 12.4.